The highest BCUT2D eigenvalue weighted by atomic mass is 15.2. The Kier molecular flexibility index (Phi) is 3.49. The molecule has 2 heterocycles. The van der Waals surface area contributed by atoms with Gasteiger partial charge in [-0.15, -0.1) is 0 Å². The molecular weight excluding hydrogens is 174 g/mol. The lowest BCUT2D eigenvalue weighted by molar-refractivity contribution is 0.241. The van der Waals surface area contributed by atoms with E-state index >= 15 is 0 Å². The van der Waals surface area contributed by atoms with Crippen molar-refractivity contribution >= 4 is 0 Å². The lowest BCUT2D eigenvalue weighted by Gasteiger charge is -2.25. The standard InChI is InChI=1S/C11H16N3/c1-2-5-13-11(3-1)4-8-14-9-6-12-7-10-14/h1-3,5H,4,6-10H2. The fourth-order valence-corrected chi connectivity index (χ4v) is 1.69. The number of pyridine rings is 1. The molecule has 0 saturated carbocycles. The zero-order chi connectivity index (χ0) is 9.64. The van der Waals surface area contributed by atoms with Crippen molar-refractivity contribution in [2.24, 2.45) is 0 Å². The number of nitrogens with zero attached hydrogens (tertiary/aromatic N) is 3. The van der Waals surface area contributed by atoms with E-state index in [0.717, 1.165) is 39.1 Å². The summed E-state index contributed by atoms with van der Waals surface area (Å²) in [7, 11) is 0. The highest BCUT2D eigenvalue weighted by molar-refractivity contribution is 5.03. The second-order valence-electron chi connectivity index (χ2n) is 3.58. The van der Waals surface area contributed by atoms with E-state index in [4.69, 9.17) is 0 Å². The molecule has 0 atom stereocenters. The Hall–Kier alpha value is -0.930. The zero-order valence-electron chi connectivity index (χ0n) is 8.39. The van der Waals surface area contributed by atoms with Crippen LogP contribution < -0.4 is 5.32 Å². The van der Waals surface area contributed by atoms with Crippen LogP contribution in [0.5, 0.6) is 0 Å². The summed E-state index contributed by atoms with van der Waals surface area (Å²) in [5.41, 5.74) is 1.19. The predicted octanol–water partition coefficient (Wildman–Crippen LogP) is 0.544. The molecule has 3 nitrogen and oxygen atoms in total. The second kappa shape index (κ2) is 5.08. The molecule has 1 aliphatic rings. The summed E-state index contributed by atoms with van der Waals surface area (Å²) >= 11 is 0. The van der Waals surface area contributed by atoms with Crippen molar-refractivity contribution in [1.29, 1.82) is 0 Å². The van der Waals surface area contributed by atoms with Crippen LogP contribution in [0, 0.1) is 0 Å². The van der Waals surface area contributed by atoms with E-state index in [1.165, 1.54) is 5.69 Å². The Morgan fingerprint density at radius 1 is 1.21 bits per heavy atom. The van der Waals surface area contributed by atoms with E-state index in [9.17, 15) is 0 Å². The Morgan fingerprint density at radius 3 is 2.79 bits per heavy atom. The van der Waals surface area contributed by atoms with Gasteiger partial charge in [-0.2, -0.15) is 0 Å². The van der Waals surface area contributed by atoms with E-state index in [-0.39, 0.29) is 0 Å². The summed E-state index contributed by atoms with van der Waals surface area (Å²) in [6, 6.07) is 6.10. The molecule has 75 valence electrons. The Morgan fingerprint density at radius 2 is 2.07 bits per heavy atom. The van der Waals surface area contributed by atoms with Gasteiger partial charge >= 0.3 is 0 Å². The van der Waals surface area contributed by atoms with E-state index in [0.29, 0.717) is 0 Å². The molecule has 2 rings (SSSR count). The molecule has 0 bridgehead atoms. The van der Waals surface area contributed by atoms with Crippen LogP contribution >= 0.6 is 0 Å². The number of rotatable bonds is 3. The van der Waals surface area contributed by atoms with Crippen molar-refractivity contribution < 1.29 is 0 Å². The molecule has 1 fully saturated rings. The van der Waals surface area contributed by atoms with Crippen LogP contribution in [0.3, 0.4) is 0 Å². The number of piperazine rings is 1. The highest BCUT2D eigenvalue weighted by Crippen LogP contribution is 1.99. The summed E-state index contributed by atoms with van der Waals surface area (Å²) < 4.78 is 0. The lowest BCUT2D eigenvalue weighted by Crippen LogP contribution is -2.41. The predicted molar refractivity (Wildman–Crippen MR) is 56.2 cm³/mol. The van der Waals surface area contributed by atoms with Gasteiger partial charge in [0.25, 0.3) is 0 Å². The van der Waals surface area contributed by atoms with E-state index in [2.05, 4.69) is 21.3 Å². The number of hydrogen-bond acceptors (Lipinski definition) is 2. The minimum atomic E-state index is 1.00. The van der Waals surface area contributed by atoms with Crippen molar-refractivity contribution in [2.45, 2.75) is 6.42 Å². The van der Waals surface area contributed by atoms with Gasteiger partial charge in [0.15, 0.2) is 0 Å². The third-order valence-corrected chi connectivity index (χ3v) is 2.56. The van der Waals surface area contributed by atoms with Crippen molar-refractivity contribution in [3.05, 3.63) is 30.1 Å². The van der Waals surface area contributed by atoms with Crippen molar-refractivity contribution in [2.75, 3.05) is 32.7 Å². The van der Waals surface area contributed by atoms with E-state index in [1.54, 1.807) is 0 Å². The Labute approximate surface area is 85.1 Å². The molecule has 3 heteroatoms. The molecule has 1 aliphatic heterocycles. The van der Waals surface area contributed by atoms with Gasteiger partial charge in [0.2, 0.25) is 0 Å². The number of hydrogen-bond donors (Lipinski definition) is 0. The lowest BCUT2D eigenvalue weighted by atomic mass is 10.2. The van der Waals surface area contributed by atoms with Crippen LogP contribution in [0.15, 0.2) is 24.4 Å². The van der Waals surface area contributed by atoms with Crippen LogP contribution in [0.1, 0.15) is 5.69 Å². The fraction of sp³-hybridized carbons (Fsp3) is 0.545. The zero-order valence-corrected chi connectivity index (χ0v) is 8.39. The molecule has 1 aromatic heterocycles. The second-order valence-corrected chi connectivity index (χ2v) is 3.58. The first-order chi connectivity index (χ1) is 6.95. The molecule has 0 aliphatic carbocycles. The van der Waals surface area contributed by atoms with Crippen LogP contribution in [-0.2, 0) is 6.42 Å². The average Bonchev–Trinajstić information content (AvgIpc) is 2.29. The smallest absolute Gasteiger partial charge is 0.0416 e. The Balaban J connectivity index is 1.76. The van der Waals surface area contributed by atoms with Gasteiger partial charge in [0.05, 0.1) is 0 Å². The third-order valence-electron chi connectivity index (χ3n) is 2.56. The van der Waals surface area contributed by atoms with Gasteiger partial charge in [-0.25, -0.2) is 5.32 Å². The van der Waals surface area contributed by atoms with E-state index < -0.39 is 0 Å². The topological polar surface area (TPSA) is 30.2 Å². The van der Waals surface area contributed by atoms with Crippen molar-refractivity contribution in [3.8, 4) is 0 Å². The molecule has 0 unspecified atom stereocenters. The van der Waals surface area contributed by atoms with Crippen LogP contribution in [-0.4, -0.2) is 42.6 Å². The van der Waals surface area contributed by atoms with Gasteiger partial charge in [-0.1, -0.05) is 6.07 Å². The summed E-state index contributed by atoms with van der Waals surface area (Å²) in [6.07, 6.45) is 2.92. The maximum atomic E-state index is 4.33. The van der Waals surface area contributed by atoms with Gasteiger partial charge in [-0.3, -0.25) is 4.98 Å². The normalized spacial score (nSPS) is 18.3. The van der Waals surface area contributed by atoms with Crippen molar-refractivity contribution in [1.82, 2.24) is 15.2 Å². The summed E-state index contributed by atoms with van der Waals surface area (Å²) in [4.78, 5) is 6.77. The summed E-state index contributed by atoms with van der Waals surface area (Å²) in [5.74, 6) is 0. The summed E-state index contributed by atoms with van der Waals surface area (Å²) in [5, 5.41) is 4.33. The molecule has 1 saturated heterocycles. The molecule has 0 amide bonds. The molecule has 0 aromatic carbocycles. The largest absolute Gasteiger partial charge is 0.300 e. The maximum absolute atomic E-state index is 4.33. The Bertz CT molecular complexity index is 254. The molecule has 0 spiro atoms. The van der Waals surface area contributed by atoms with Gasteiger partial charge in [0.1, 0.15) is 0 Å². The van der Waals surface area contributed by atoms with Crippen LogP contribution in [0.25, 0.3) is 0 Å². The first-order valence-electron chi connectivity index (χ1n) is 5.21. The minimum absolute atomic E-state index is 1.00. The van der Waals surface area contributed by atoms with Gasteiger partial charge in [0, 0.05) is 51.0 Å². The monoisotopic (exact) mass is 190 g/mol. The highest BCUT2D eigenvalue weighted by Gasteiger charge is 2.09. The molecule has 0 N–H and O–H groups in total. The van der Waals surface area contributed by atoms with Crippen LogP contribution in [0.2, 0.25) is 0 Å². The quantitative estimate of drug-likeness (QED) is 0.696. The first kappa shape index (κ1) is 9.62. The number of aromatic nitrogens is 1. The molecular formula is C11H16N3. The van der Waals surface area contributed by atoms with Crippen molar-refractivity contribution in [3.63, 3.8) is 0 Å². The first-order valence-corrected chi connectivity index (χ1v) is 5.21. The minimum Gasteiger partial charge on any atom is -0.300 e. The third kappa shape index (κ3) is 2.79. The summed E-state index contributed by atoms with van der Waals surface area (Å²) in [6.45, 7) is 5.36. The fourth-order valence-electron chi connectivity index (χ4n) is 1.69. The van der Waals surface area contributed by atoms with Crippen LogP contribution in [0.4, 0.5) is 0 Å². The maximum Gasteiger partial charge on any atom is 0.0416 e. The van der Waals surface area contributed by atoms with E-state index in [1.807, 2.05) is 18.3 Å². The molecule has 1 radical (unpaired) electrons. The van der Waals surface area contributed by atoms with Gasteiger partial charge < -0.3 is 4.90 Å². The van der Waals surface area contributed by atoms with Gasteiger partial charge in [-0.05, 0) is 12.1 Å². The molecule has 14 heavy (non-hydrogen) atoms. The molecule has 1 aromatic rings. The SMILES string of the molecule is c1ccc(CCN2CC[N]CC2)nc1. The average molecular weight is 190 g/mol.